The van der Waals surface area contributed by atoms with Crippen LogP contribution < -0.4 is 0 Å². The molecule has 0 aliphatic carbocycles. The molecule has 3 unspecified atom stereocenters. The summed E-state index contributed by atoms with van der Waals surface area (Å²) in [6.07, 6.45) is -7.72. The lowest BCUT2D eigenvalue weighted by Gasteiger charge is -2.32. The molecule has 0 aromatic rings. The maximum Gasteiger partial charge on any atom is 0.377 e. The van der Waals surface area contributed by atoms with Crippen molar-refractivity contribution in [1.82, 2.24) is 0 Å². The van der Waals surface area contributed by atoms with Crippen molar-refractivity contribution in [2.45, 2.75) is 48.9 Å². The van der Waals surface area contributed by atoms with E-state index in [-0.39, 0.29) is 38.6 Å². The number of rotatable bonds is 15. The van der Waals surface area contributed by atoms with E-state index in [1.165, 1.54) is 0 Å². The van der Waals surface area contributed by atoms with Gasteiger partial charge in [0.05, 0.1) is 46.2 Å². The minimum atomic E-state index is -6.23. The van der Waals surface area contributed by atoms with Crippen molar-refractivity contribution in [3.05, 3.63) is 0 Å². The summed E-state index contributed by atoms with van der Waals surface area (Å²) in [5.41, 5.74) is 0. The second-order valence-electron chi connectivity index (χ2n) is 6.43. The first-order valence-corrected chi connectivity index (χ1v) is 8.39. The summed E-state index contributed by atoms with van der Waals surface area (Å²) in [6, 6.07) is 0. The molecule has 2 saturated heterocycles. The lowest BCUT2D eigenvalue weighted by Crippen LogP contribution is -2.57. The average Bonchev–Trinajstić information content (AvgIpc) is 3.50. The molecule has 0 N–H and O–H groups in total. The molecule has 13 heteroatoms. The van der Waals surface area contributed by atoms with E-state index in [4.69, 9.17) is 23.7 Å². The summed E-state index contributed by atoms with van der Waals surface area (Å²) >= 11 is 0. The van der Waals surface area contributed by atoms with E-state index in [0.717, 1.165) is 0 Å². The van der Waals surface area contributed by atoms with Crippen molar-refractivity contribution >= 4 is 0 Å². The van der Waals surface area contributed by atoms with Crippen molar-refractivity contribution in [2.75, 3.05) is 46.2 Å². The normalized spacial score (nSPS) is 23.9. The number of hydrogen-bond acceptors (Lipinski definition) is 5. The molecule has 3 atom stereocenters. The molecule has 2 rings (SSSR count). The zero-order valence-electron chi connectivity index (χ0n) is 14.5. The monoisotopic (exact) mass is 432 g/mol. The number of ether oxygens (including phenoxy) is 5. The second-order valence-corrected chi connectivity index (χ2v) is 6.43. The molecular formula is C15H20F8O5. The van der Waals surface area contributed by atoms with Gasteiger partial charge in [-0.3, -0.25) is 0 Å². The molecule has 2 heterocycles. The number of epoxide rings is 2. The third-order valence-corrected chi connectivity index (χ3v) is 3.95. The molecule has 0 radical (unpaired) electrons. The van der Waals surface area contributed by atoms with Crippen LogP contribution in [0.15, 0.2) is 0 Å². The highest BCUT2D eigenvalue weighted by molar-refractivity contribution is 4.97. The zero-order chi connectivity index (χ0) is 21.0. The quantitative estimate of drug-likeness (QED) is 0.226. The van der Waals surface area contributed by atoms with Crippen LogP contribution in [0.5, 0.6) is 0 Å². The molecule has 28 heavy (non-hydrogen) atoms. The third-order valence-electron chi connectivity index (χ3n) is 3.95. The average molecular weight is 432 g/mol. The Morgan fingerprint density at radius 2 is 1.39 bits per heavy atom. The van der Waals surface area contributed by atoms with Crippen LogP contribution >= 0.6 is 0 Å². The van der Waals surface area contributed by atoms with Crippen LogP contribution in [-0.2, 0) is 23.7 Å². The zero-order valence-corrected chi connectivity index (χ0v) is 14.5. The number of halogens is 8. The highest BCUT2D eigenvalue weighted by Crippen LogP contribution is 2.49. The van der Waals surface area contributed by atoms with Gasteiger partial charge in [-0.05, 0) is 0 Å². The number of hydrogen-bond donors (Lipinski definition) is 0. The van der Waals surface area contributed by atoms with Crippen LogP contribution in [-0.4, -0.2) is 88.8 Å². The van der Waals surface area contributed by atoms with Gasteiger partial charge in [0.15, 0.2) is 0 Å². The summed E-state index contributed by atoms with van der Waals surface area (Å²) < 4.78 is 128. The maximum absolute atomic E-state index is 13.4. The van der Waals surface area contributed by atoms with Gasteiger partial charge < -0.3 is 23.7 Å². The van der Waals surface area contributed by atoms with Crippen LogP contribution in [0.4, 0.5) is 35.1 Å². The SMILES string of the molecule is FC(F)C(F)(F)C(F)(F)C(F)(F)CCOCC(COCC1CO1)OCC1CO1. The molecule has 2 fully saturated rings. The Kier molecular flexibility index (Phi) is 7.87. The van der Waals surface area contributed by atoms with Crippen molar-refractivity contribution in [1.29, 1.82) is 0 Å². The summed E-state index contributed by atoms with van der Waals surface area (Å²) in [4.78, 5) is 0. The first kappa shape index (κ1) is 23.5. The molecule has 2 aliphatic heterocycles. The Morgan fingerprint density at radius 3 is 1.93 bits per heavy atom. The van der Waals surface area contributed by atoms with E-state index >= 15 is 0 Å². The van der Waals surface area contributed by atoms with Gasteiger partial charge in [-0.15, -0.1) is 0 Å². The minimum Gasteiger partial charge on any atom is -0.378 e. The topological polar surface area (TPSA) is 52.8 Å². The lowest BCUT2D eigenvalue weighted by molar-refractivity contribution is -0.340. The van der Waals surface area contributed by atoms with Gasteiger partial charge in [0.2, 0.25) is 0 Å². The van der Waals surface area contributed by atoms with E-state index in [9.17, 15) is 35.1 Å². The summed E-state index contributed by atoms with van der Waals surface area (Å²) in [7, 11) is 0. The van der Waals surface area contributed by atoms with Crippen molar-refractivity contribution in [3.63, 3.8) is 0 Å². The Labute approximate surface area is 155 Å². The van der Waals surface area contributed by atoms with Crippen LogP contribution in [0.3, 0.4) is 0 Å². The first-order chi connectivity index (χ1) is 13.0. The minimum absolute atomic E-state index is 0.0113. The fourth-order valence-corrected chi connectivity index (χ4v) is 2.00. The summed E-state index contributed by atoms with van der Waals surface area (Å²) in [5.74, 6) is -17.8. The van der Waals surface area contributed by atoms with Crippen LogP contribution in [0.25, 0.3) is 0 Å². The summed E-state index contributed by atoms with van der Waals surface area (Å²) in [5, 5.41) is 0. The van der Waals surface area contributed by atoms with Gasteiger partial charge in [-0.1, -0.05) is 0 Å². The van der Waals surface area contributed by atoms with Crippen LogP contribution in [0.1, 0.15) is 6.42 Å². The van der Waals surface area contributed by atoms with Crippen LogP contribution in [0, 0.1) is 0 Å². The fraction of sp³-hybridized carbons (Fsp3) is 1.00. The largest absolute Gasteiger partial charge is 0.378 e. The predicted octanol–water partition coefficient (Wildman–Crippen LogP) is 2.76. The fourth-order valence-electron chi connectivity index (χ4n) is 2.00. The van der Waals surface area contributed by atoms with Gasteiger partial charge in [0.1, 0.15) is 18.3 Å². The third kappa shape index (κ3) is 6.37. The van der Waals surface area contributed by atoms with Gasteiger partial charge in [0, 0.05) is 6.42 Å². The molecular weight excluding hydrogens is 412 g/mol. The molecule has 2 aliphatic rings. The Morgan fingerprint density at radius 1 is 0.857 bits per heavy atom. The van der Waals surface area contributed by atoms with Gasteiger partial charge >= 0.3 is 24.2 Å². The van der Waals surface area contributed by atoms with E-state index in [1.807, 2.05) is 0 Å². The molecule has 0 bridgehead atoms. The standard InChI is InChI=1S/C15H20F8O5/c16-12(17)14(20,21)15(22,23)13(18,19)1-2-24-3-9(26-7-11-8-28-11)4-25-5-10-6-27-10/h9-12H,1-8H2. The van der Waals surface area contributed by atoms with Crippen LogP contribution in [0.2, 0.25) is 0 Å². The Balaban J connectivity index is 1.75. The van der Waals surface area contributed by atoms with E-state index < -0.39 is 43.3 Å². The van der Waals surface area contributed by atoms with Gasteiger partial charge in [0.25, 0.3) is 0 Å². The van der Waals surface area contributed by atoms with Crippen molar-refractivity contribution < 1.29 is 58.8 Å². The van der Waals surface area contributed by atoms with E-state index in [0.29, 0.717) is 13.2 Å². The maximum atomic E-state index is 13.4. The summed E-state index contributed by atoms with van der Waals surface area (Å²) in [6.45, 7) is 0.0363. The molecule has 0 saturated carbocycles. The highest BCUT2D eigenvalue weighted by Gasteiger charge is 2.74. The molecule has 166 valence electrons. The Hall–Kier alpha value is -0.760. The first-order valence-electron chi connectivity index (χ1n) is 8.39. The molecule has 0 aromatic carbocycles. The predicted molar refractivity (Wildman–Crippen MR) is 76.3 cm³/mol. The van der Waals surface area contributed by atoms with E-state index in [1.54, 1.807) is 0 Å². The van der Waals surface area contributed by atoms with E-state index in [2.05, 4.69) is 0 Å². The molecule has 5 nitrogen and oxygen atoms in total. The number of alkyl halides is 8. The Bertz CT molecular complexity index is 485. The second kappa shape index (κ2) is 9.37. The van der Waals surface area contributed by atoms with Crippen molar-refractivity contribution in [3.8, 4) is 0 Å². The van der Waals surface area contributed by atoms with Crippen molar-refractivity contribution in [2.24, 2.45) is 0 Å². The molecule has 0 amide bonds. The van der Waals surface area contributed by atoms with Gasteiger partial charge in [-0.25, -0.2) is 8.78 Å². The highest BCUT2D eigenvalue weighted by atomic mass is 19.4. The molecule has 0 spiro atoms. The molecule has 0 aromatic heterocycles. The van der Waals surface area contributed by atoms with Gasteiger partial charge in [-0.2, -0.15) is 26.3 Å². The smallest absolute Gasteiger partial charge is 0.377 e. The lowest BCUT2D eigenvalue weighted by atomic mass is 10.0.